The Morgan fingerprint density at radius 2 is 2.20 bits per heavy atom. The van der Waals surface area contributed by atoms with Gasteiger partial charge in [0.1, 0.15) is 5.82 Å². The lowest BCUT2D eigenvalue weighted by Gasteiger charge is -2.27. The predicted octanol–water partition coefficient (Wildman–Crippen LogP) is 2.44. The lowest BCUT2D eigenvalue weighted by Crippen LogP contribution is -2.34. The molecule has 0 aromatic heterocycles. The second-order valence-corrected chi connectivity index (χ2v) is 4.79. The van der Waals surface area contributed by atoms with Crippen LogP contribution in [0.1, 0.15) is 30.4 Å². The molecule has 0 radical (unpaired) electrons. The molecule has 1 heterocycles. The van der Waals surface area contributed by atoms with Gasteiger partial charge in [0.05, 0.1) is 0 Å². The van der Waals surface area contributed by atoms with Crippen LogP contribution in [0.2, 0.25) is 0 Å². The van der Waals surface area contributed by atoms with Gasteiger partial charge in [-0.05, 0) is 42.2 Å². The van der Waals surface area contributed by atoms with Crippen molar-refractivity contribution in [2.24, 2.45) is 0 Å². The number of likely N-dealkylation sites (tertiary alicyclic amines) is 1. The molecule has 1 N–H and O–H groups in total. The number of carbonyl (C=O) groups is 2. The van der Waals surface area contributed by atoms with E-state index in [1.807, 2.05) is 0 Å². The number of hydrogen-bond donors (Lipinski definition) is 1. The van der Waals surface area contributed by atoms with E-state index in [4.69, 9.17) is 5.11 Å². The van der Waals surface area contributed by atoms with E-state index >= 15 is 0 Å². The Morgan fingerprint density at radius 3 is 2.90 bits per heavy atom. The third-order valence-electron chi connectivity index (χ3n) is 3.30. The molecule has 1 aliphatic rings. The standard InChI is InChI=1S/C15H16FNO3/c16-13-6-4-12(11(9-13)5-7-15(19)20)10-17-8-2-1-3-14(17)18/h4-7,9H,1-3,8,10H2,(H,19,20). The Labute approximate surface area is 116 Å². The molecule has 1 fully saturated rings. The largest absolute Gasteiger partial charge is 0.478 e. The van der Waals surface area contributed by atoms with Crippen LogP contribution in [0, 0.1) is 5.82 Å². The second kappa shape index (κ2) is 6.32. The van der Waals surface area contributed by atoms with Crippen molar-refractivity contribution in [1.29, 1.82) is 0 Å². The molecule has 0 spiro atoms. The molecular formula is C15H16FNO3. The van der Waals surface area contributed by atoms with Crippen LogP contribution in [0.4, 0.5) is 4.39 Å². The van der Waals surface area contributed by atoms with Crippen molar-refractivity contribution in [3.8, 4) is 0 Å². The van der Waals surface area contributed by atoms with Gasteiger partial charge in [0, 0.05) is 25.6 Å². The van der Waals surface area contributed by atoms with Gasteiger partial charge in [-0.25, -0.2) is 9.18 Å². The summed E-state index contributed by atoms with van der Waals surface area (Å²) >= 11 is 0. The molecule has 1 aromatic carbocycles. The lowest BCUT2D eigenvalue weighted by molar-refractivity contribution is -0.134. The van der Waals surface area contributed by atoms with Gasteiger partial charge in [0.25, 0.3) is 0 Å². The van der Waals surface area contributed by atoms with Crippen LogP contribution in [-0.2, 0) is 16.1 Å². The zero-order chi connectivity index (χ0) is 14.5. The number of benzene rings is 1. The van der Waals surface area contributed by atoms with E-state index in [0.29, 0.717) is 25.1 Å². The van der Waals surface area contributed by atoms with Gasteiger partial charge in [-0.1, -0.05) is 6.07 Å². The number of rotatable bonds is 4. The van der Waals surface area contributed by atoms with Crippen LogP contribution in [0.25, 0.3) is 6.08 Å². The molecule has 1 saturated heterocycles. The first kappa shape index (κ1) is 14.2. The van der Waals surface area contributed by atoms with E-state index in [2.05, 4.69) is 0 Å². The van der Waals surface area contributed by atoms with Gasteiger partial charge in [-0.15, -0.1) is 0 Å². The highest BCUT2D eigenvalue weighted by Crippen LogP contribution is 2.19. The molecule has 0 aliphatic carbocycles. The zero-order valence-corrected chi connectivity index (χ0v) is 11.0. The fourth-order valence-corrected chi connectivity index (χ4v) is 2.26. The number of carboxylic acids is 1. The Morgan fingerprint density at radius 1 is 1.40 bits per heavy atom. The third kappa shape index (κ3) is 3.66. The molecule has 106 valence electrons. The molecule has 1 aliphatic heterocycles. The van der Waals surface area contributed by atoms with Crippen molar-refractivity contribution in [1.82, 2.24) is 4.90 Å². The van der Waals surface area contributed by atoms with Crippen molar-refractivity contribution in [2.75, 3.05) is 6.54 Å². The topological polar surface area (TPSA) is 57.6 Å². The van der Waals surface area contributed by atoms with E-state index < -0.39 is 11.8 Å². The van der Waals surface area contributed by atoms with E-state index in [1.165, 1.54) is 18.2 Å². The quantitative estimate of drug-likeness (QED) is 0.860. The van der Waals surface area contributed by atoms with Crippen molar-refractivity contribution in [2.45, 2.75) is 25.8 Å². The summed E-state index contributed by atoms with van der Waals surface area (Å²) in [5.41, 5.74) is 1.24. The average Bonchev–Trinajstić information content (AvgIpc) is 2.41. The number of nitrogens with zero attached hydrogens (tertiary/aromatic N) is 1. The summed E-state index contributed by atoms with van der Waals surface area (Å²) < 4.78 is 13.3. The molecule has 1 aromatic rings. The highest BCUT2D eigenvalue weighted by Gasteiger charge is 2.18. The molecule has 4 nitrogen and oxygen atoms in total. The fraction of sp³-hybridized carbons (Fsp3) is 0.333. The van der Waals surface area contributed by atoms with E-state index in [-0.39, 0.29) is 5.91 Å². The van der Waals surface area contributed by atoms with Crippen LogP contribution in [0.5, 0.6) is 0 Å². The average molecular weight is 277 g/mol. The summed E-state index contributed by atoms with van der Waals surface area (Å²) in [6.45, 7) is 1.08. The predicted molar refractivity (Wildman–Crippen MR) is 72.3 cm³/mol. The Hall–Kier alpha value is -2.17. The minimum absolute atomic E-state index is 0.0914. The summed E-state index contributed by atoms with van der Waals surface area (Å²) in [7, 11) is 0. The van der Waals surface area contributed by atoms with Crippen LogP contribution in [0.3, 0.4) is 0 Å². The van der Waals surface area contributed by atoms with Gasteiger partial charge in [-0.2, -0.15) is 0 Å². The van der Waals surface area contributed by atoms with Gasteiger partial charge >= 0.3 is 5.97 Å². The molecule has 0 unspecified atom stereocenters. The highest BCUT2D eigenvalue weighted by molar-refractivity contribution is 5.85. The number of aliphatic carboxylic acids is 1. The summed E-state index contributed by atoms with van der Waals surface area (Å²) in [6, 6.07) is 4.20. The number of carbonyl (C=O) groups excluding carboxylic acids is 1. The highest BCUT2D eigenvalue weighted by atomic mass is 19.1. The van der Waals surface area contributed by atoms with Crippen molar-refractivity contribution in [3.63, 3.8) is 0 Å². The molecule has 20 heavy (non-hydrogen) atoms. The zero-order valence-electron chi connectivity index (χ0n) is 11.0. The maximum absolute atomic E-state index is 13.3. The number of carboxylic acid groups (broad SMARTS) is 1. The van der Waals surface area contributed by atoms with Gasteiger partial charge in [0.2, 0.25) is 5.91 Å². The van der Waals surface area contributed by atoms with Crippen molar-refractivity contribution in [3.05, 3.63) is 41.2 Å². The molecule has 0 saturated carbocycles. The first-order valence-electron chi connectivity index (χ1n) is 6.53. The third-order valence-corrected chi connectivity index (χ3v) is 3.30. The molecule has 2 rings (SSSR count). The molecular weight excluding hydrogens is 261 g/mol. The second-order valence-electron chi connectivity index (χ2n) is 4.79. The number of piperidine rings is 1. The van der Waals surface area contributed by atoms with E-state index in [0.717, 1.165) is 24.5 Å². The van der Waals surface area contributed by atoms with Crippen molar-refractivity contribution < 1.29 is 19.1 Å². The summed E-state index contributed by atoms with van der Waals surface area (Å²) in [6.07, 6.45) is 4.74. The maximum atomic E-state index is 13.3. The van der Waals surface area contributed by atoms with Crippen LogP contribution in [-0.4, -0.2) is 28.4 Å². The Kier molecular flexibility index (Phi) is 4.50. The minimum Gasteiger partial charge on any atom is -0.478 e. The Bertz CT molecular complexity index is 554. The molecule has 5 heteroatoms. The smallest absolute Gasteiger partial charge is 0.328 e. The minimum atomic E-state index is -1.09. The Balaban J connectivity index is 2.21. The lowest BCUT2D eigenvalue weighted by atomic mass is 10.0. The van der Waals surface area contributed by atoms with Crippen LogP contribution >= 0.6 is 0 Å². The number of amides is 1. The van der Waals surface area contributed by atoms with E-state index in [1.54, 1.807) is 11.0 Å². The molecule has 0 atom stereocenters. The maximum Gasteiger partial charge on any atom is 0.328 e. The SMILES string of the molecule is O=C(O)C=Cc1cc(F)ccc1CN1CCCCC1=O. The normalized spacial score (nSPS) is 15.8. The van der Waals surface area contributed by atoms with Gasteiger partial charge in [0.15, 0.2) is 0 Å². The molecule has 1 amide bonds. The fourth-order valence-electron chi connectivity index (χ4n) is 2.26. The number of halogens is 1. The first-order chi connectivity index (χ1) is 9.56. The van der Waals surface area contributed by atoms with Gasteiger partial charge in [-0.3, -0.25) is 4.79 Å². The molecule has 0 bridgehead atoms. The van der Waals surface area contributed by atoms with Crippen LogP contribution in [0.15, 0.2) is 24.3 Å². The van der Waals surface area contributed by atoms with Gasteiger partial charge < -0.3 is 10.0 Å². The van der Waals surface area contributed by atoms with E-state index in [9.17, 15) is 14.0 Å². The first-order valence-corrected chi connectivity index (χ1v) is 6.53. The summed E-state index contributed by atoms with van der Waals surface area (Å²) in [5.74, 6) is -1.42. The van der Waals surface area contributed by atoms with Crippen molar-refractivity contribution >= 4 is 18.0 Å². The summed E-state index contributed by atoms with van der Waals surface area (Å²) in [4.78, 5) is 24.1. The monoisotopic (exact) mass is 277 g/mol. The number of hydrogen-bond acceptors (Lipinski definition) is 2. The van der Waals surface area contributed by atoms with Crippen LogP contribution < -0.4 is 0 Å². The summed E-state index contributed by atoms with van der Waals surface area (Å²) in [5, 5.41) is 8.65.